The van der Waals surface area contributed by atoms with Gasteiger partial charge in [0.2, 0.25) is 0 Å². The van der Waals surface area contributed by atoms with Crippen LogP contribution >= 0.6 is 11.6 Å². The van der Waals surface area contributed by atoms with Gasteiger partial charge in [0, 0.05) is 5.02 Å². The van der Waals surface area contributed by atoms with Gasteiger partial charge in [-0.15, -0.1) is 0 Å². The Labute approximate surface area is 123 Å². The lowest BCUT2D eigenvalue weighted by Crippen LogP contribution is -2.14. The van der Waals surface area contributed by atoms with Crippen molar-refractivity contribution in [1.82, 2.24) is 0 Å². The first kappa shape index (κ1) is 13.6. The van der Waals surface area contributed by atoms with Crippen molar-refractivity contribution in [3.63, 3.8) is 0 Å². The van der Waals surface area contributed by atoms with E-state index in [2.05, 4.69) is 18.2 Å². The predicted molar refractivity (Wildman–Crippen MR) is 80.5 cm³/mol. The molecule has 0 aliphatic heterocycles. The Morgan fingerprint density at radius 1 is 1.00 bits per heavy atom. The van der Waals surface area contributed by atoms with E-state index in [-0.39, 0.29) is 11.9 Å². The zero-order valence-corrected chi connectivity index (χ0v) is 12.0. The molecule has 0 fully saturated rings. The third kappa shape index (κ3) is 2.58. The molecule has 2 aromatic rings. The Bertz CT molecular complexity index is 639. The van der Waals surface area contributed by atoms with Gasteiger partial charge < -0.3 is 5.73 Å². The lowest BCUT2D eigenvalue weighted by Gasteiger charge is -2.20. The maximum Gasteiger partial charge on any atom is 0.124 e. The molecule has 1 aliphatic carbocycles. The summed E-state index contributed by atoms with van der Waals surface area (Å²) in [5.41, 5.74) is 10.9. The van der Waals surface area contributed by atoms with Crippen LogP contribution in [-0.4, -0.2) is 0 Å². The molecule has 104 valence electrons. The predicted octanol–water partition coefficient (Wildman–Crippen LogP) is 4.41. The summed E-state index contributed by atoms with van der Waals surface area (Å²) >= 11 is 6.10. The number of hydrogen-bond donors (Lipinski definition) is 1. The smallest absolute Gasteiger partial charge is 0.124 e. The van der Waals surface area contributed by atoms with Crippen LogP contribution in [0, 0.1) is 5.82 Å². The normalized spacial score (nSPS) is 15.8. The number of benzene rings is 2. The standard InChI is InChI=1S/C17H17ClFN/c18-16-10-14(19)7-8-15(16)17(20)13-6-5-11-3-1-2-4-12(11)9-13/h5-10,17H,1-4,20H2. The Hall–Kier alpha value is -1.38. The van der Waals surface area contributed by atoms with Gasteiger partial charge in [0.1, 0.15) is 5.82 Å². The van der Waals surface area contributed by atoms with Crippen LogP contribution in [0.25, 0.3) is 0 Å². The first-order chi connectivity index (χ1) is 9.65. The third-order valence-corrected chi connectivity index (χ3v) is 4.36. The van der Waals surface area contributed by atoms with Crippen molar-refractivity contribution >= 4 is 11.6 Å². The summed E-state index contributed by atoms with van der Waals surface area (Å²) in [7, 11) is 0. The quantitative estimate of drug-likeness (QED) is 0.871. The molecular formula is C17H17ClFN. The maximum absolute atomic E-state index is 13.1. The molecule has 20 heavy (non-hydrogen) atoms. The van der Waals surface area contributed by atoms with Crippen molar-refractivity contribution in [3.05, 3.63) is 69.5 Å². The summed E-state index contributed by atoms with van der Waals surface area (Å²) in [5, 5.41) is 0.384. The largest absolute Gasteiger partial charge is 0.320 e. The van der Waals surface area contributed by atoms with Crippen molar-refractivity contribution in [1.29, 1.82) is 0 Å². The lowest BCUT2D eigenvalue weighted by atomic mass is 9.88. The van der Waals surface area contributed by atoms with Gasteiger partial charge >= 0.3 is 0 Å². The van der Waals surface area contributed by atoms with Crippen LogP contribution in [0.3, 0.4) is 0 Å². The molecule has 2 aromatic carbocycles. The third-order valence-electron chi connectivity index (χ3n) is 4.03. The molecule has 1 nitrogen and oxygen atoms in total. The molecule has 0 radical (unpaired) electrons. The zero-order chi connectivity index (χ0) is 14.1. The summed E-state index contributed by atoms with van der Waals surface area (Å²) < 4.78 is 13.1. The second-order valence-electron chi connectivity index (χ2n) is 5.38. The SMILES string of the molecule is NC(c1ccc2c(c1)CCCC2)c1ccc(F)cc1Cl. The van der Waals surface area contributed by atoms with E-state index in [0.29, 0.717) is 5.02 Å². The highest BCUT2D eigenvalue weighted by atomic mass is 35.5. The summed E-state index contributed by atoms with van der Waals surface area (Å²) in [6.07, 6.45) is 4.78. The number of nitrogens with two attached hydrogens (primary N) is 1. The van der Waals surface area contributed by atoms with Crippen LogP contribution in [0.5, 0.6) is 0 Å². The molecule has 0 heterocycles. The van der Waals surface area contributed by atoms with Crippen molar-refractivity contribution in [2.24, 2.45) is 5.73 Å². The molecule has 0 aromatic heterocycles. The minimum Gasteiger partial charge on any atom is -0.320 e. The Balaban J connectivity index is 1.95. The Morgan fingerprint density at radius 2 is 1.75 bits per heavy atom. The van der Waals surface area contributed by atoms with Crippen LogP contribution in [0.15, 0.2) is 36.4 Å². The Kier molecular flexibility index (Phi) is 3.77. The number of rotatable bonds is 2. The average Bonchev–Trinajstić information content (AvgIpc) is 2.46. The molecule has 0 bridgehead atoms. The molecule has 2 N–H and O–H groups in total. The number of aryl methyl sites for hydroxylation is 2. The van der Waals surface area contributed by atoms with Crippen molar-refractivity contribution in [2.75, 3.05) is 0 Å². The monoisotopic (exact) mass is 289 g/mol. The summed E-state index contributed by atoms with van der Waals surface area (Å²) in [4.78, 5) is 0. The fourth-order valence-corrected chi connectivity index (χ4v) is 3.16. The molecule has 1 unspecified atom stereocenters. The zero-order valence-electron chi connectivity index (χ0n) is 11.2. The van der Waals surface area contributed by atoms with E-state index < -0.39 is 0 Å². The first-order valence-corrected chi connectivity index (χ1v) is 7.35. The van der Waals surface area contributed by atoms with Gasteiger partial charge in [0.25, 0.3) is 0 Å². The minimum atomic E-state index is -0.337. The average molecular weight is 290 g/mol. The topological polar surface area (TPSA) is 26.0 Å². The van der Waals surface area contributed by atoms with Crippen molar-refractivity contribution < 1.29 is 4.39 Å². The second-order valence-corrected chi connectivity index (χ2v) is 5.79. The Morgan fingerprint density at radius 3 is 2.50 bits per heavy atom. The molecular weight excluding hydrogens is 273 g/mol. The van der Waals surface area contributed by atoms with Gasteiger partial charge in [-0.05, 0) is 60.1 Å². The first-order valence-electron chi connectivity index (χ1n) is 6.97. The van der Waals surface area contributed by atoms with Crippen LogP contribution in [0.4, 0.5) is 4.39 Å². The fraction of sp³-hybridized carbons (Fsp3) is 0.294. The summed E-state index contributed by atoms with van der Waals surface area (Å²) in [5.74, 6) is -0.337. The van der Waals surface area contributed by atoms with E-state index in [4.69, 9.17) is 17.3 Å². The van der Waals surface area contributed by atoms with Gasteiger partial charge in [0.15, 0.2) is 0 Å². The van der Waals surface area contributed by atoms with Crippen LogP contribution in [0.2, 0.25) is 5.02 Å². The van der Waals surface area contributed by atoms with E-state index in [9.17, 15) is 4.39 Å². The fourth-order valence-electron chi connectivity index (χ4n) is 2.88. The molecule has 0 saturated carbocycles. The van der Waals surface area contributed by atoms with E-state index in [0.717, 1.165) is 24.0 Å². The number of halogens is 2. The summed E-state index contributed by atoms with van der Waals surface area (Å²) in [6, 6.07) is 10.5. The highest BCUT2D eigenvalue weighted by molar-refractivity contribution is 6.31. The second kappa shape index (κ2) is 5.55. The van der Waals surface area contributed by atoms with E-state index in [1.54, 1.807) is 6.07 Å². The van der Waals surface area contributed by atoms with Crippen molar-refractivity contribution in [2.45, 2.75) is 31.7 Å². The molecule has 0 spiro atoms. The maximum atomic E-state index is 13.1. The highest BCUT2D eigenvalue weighted by Gasteiger charge is 2.16. The van der Waals surface area contributed by atoms with Crippen LogP contribution in [0.1, 0.15) is 41.1 Å². The number of fused-ring (bicyclic) bond motifs is 1. The van der Waals surface area contributed by atoms with Crippen molar-refractivity contribution in [3.8, 4) is 0 Å². The van der Waals surface area contributed by atoms with Gasteiger partial charge in [0.05, 0.1) is 6.04 Å². The van der Waals surface area contributed by atoms with Crippen LogP contribution in [-0.2, 0) is 12.8 Å². The lowest BCUT2D eigenvalue weighted by molar-refractivity contribution is 0.626. The highest BCUT2D eigenvalue weighted by Crippen LogP contribution is 2.30. The van der Waals surface area contributed by atoms with E-state index in [1.165, 1.54) is 36.1 Å². The summed E-state index contributed by atoms with van der Waals surface area (Å²) in [6.45, 7) is 0. The molecule has 1 atom stereocenters. The van der Waals surface area contributed by atoms with Gasteiger partial charge in [-0.3, -0.25) is 0 Å². The molecule has 3 heteroatoms. The van der Waals surface area contributed by atoms with E-state index in [1.807, 2.05) is 0 Å². The van der Waals surface area contributed by atoms with Gasteiger partial charge in [-0.2, -0.15) is 0 Å². The van der Waals surface area contributed by atoms with Gasteiger partial charge in [-0.1, -0.05) is 35.9 Å². The molecule has 3 rings (SSSR count). The van der Waals surface area contributed by atoms with Crippen LogP contribution < -0.4 is 5.73 Å². The van der Waals surface area contributed by atoms with E-state index >= 15 is 0 Å². The van der Waals surface area contributed by atoms with Gasteiger partial charge in [-0.25, -0.2) is 4.39 Å². The minimum absolute atomic E-state index is 0.310. The molecule has 0 saturated heterocycles. The molecule has 1 aliphatic rings. The molecule has 0 amide bonds. The number of hydrogen-bond acceptors (Lipinski definition) is 1.